The summed E-state index contributed by atoms with van der Waals surface area (Å²) < 4.78 is 1.31. The fourth-order valence-corrected chi connectivity index (χ4v) is 1.96. The Bertz CT molecular complexity index is 173. The van der Waals surface area contributed by atoms with Crippen LogP contribution in [0.3, 0.4) is 0 Å². The second-order valence-electron chi connectivity index (χ2n) is 1.42. The molecular formula is C5H6INS. The molecule has 0 unspecified atom stereocenters. The van der Waals surface area contributed by atoms with Crippen LogP contribution in [0.2, 0.25) is 0 Å². The Labute approximate surface area is 66.0 Å². The summed E-state index contributed by atoms with van der Waals surface area (Å²) in [5.41, 5.74) is 6.66. The Morgan fingerprint density at radius 1 is 1.75 bits per heavy atom. The lowest BCUT2D eigenvalue weighted by atomic mass is 10.4. The van der Waals surface area contributed by atoms with Crippen molar-refractivity contribution >= 4 is 33.9 Å². The molecule has 0 saturated carbocycles. The van der Waals surface area contributed by atoms with Gasteiger partial charge in [0.05, 0.1) is 2.88 Å². The summed E-state index contributed by atoms with van der Waals surface area (Å²) in [5, 5.41) is 2.06. The molecule has 0 aliphatic carbocycles. The fourth-order valence-electron chi connectivity index (χ4n) is 0.465. The average molecular weight is 239 g/mol. The standard InChI is InChI=1S/C5H6INS/c6-5-4(3-7)1-2-8-5/h1-2H,3,7H2. The molecule has 0 saturated heterocycles. The van der Waals surface area contributed by atoms with Crippen LogP contribution in [0.15, 0.2) is 11.4 Å². The third kappa shape index (κ3) is 1.21. The van der Waals surface area contributed by atoms with Crippen LogP contribution in [0.25, 0.3) is 0 Å². The zero-order chi connectivity index (χ0) is 5.98. The topological polar surface area (TPSA) is 26.0 Å². The molecule has 0 amide bonds. The van der Waals surface area contributed by atoms with Crippen LogP contribution >= 0.6 is 33.9 Å². The minimum Gasteiger partial charge on any atom is -0.326 e. The predicted octanol–water partition coefficient (Wildman–Crippen LogP) is 1.81. The Kier molecular flexibility index (Phi) is 2.27. The quantitative estimate of drug-likeness (QED) is 0.743. The van der Waals surface area contributed by atoms with Crippen molar-refractivity contribution in [1.29, 1.82) is 0 Å². The molecule has 1 aromatic heterocycles. The van der Waals surface area contributed by atoms with E-state index in [0.29, 0.717) is 6.54 Å². The van der Waals surface area contributed by atoms with Crippen molar-refractivity contribution in [2.24, 2.45) is 5.73 Å². The second kappa shape index (κ2) is 2.80. The third-order valence-corrected chi connectivity index (χ3v) is 3.11. The maximum atomic E-state index is 5.40. The van der Waals surface area contributed by atoms with Crippen molar-refractivity contribution in [2.75, 3.05) is 0 Å². The molecule has 0 aliphatic rings. The highest BCUT2D eigenvalue weighted by Gasteiger charge is 1.94. The summed E-state index contributed by atoms with van der Waals surface area (Å²) in [6.07, 6.45) is 0. The Balaban J connectivity index is 2.92. The Morgan fingerprint density at radius 3 is 2.75 bits per heavy atom. The van der Waals surface area contributed by atoms with Gasteiger partial charge in [0.15, 0.2) is 0 Å². The third-order valence-electron chi connectivity index (χ3n) is 0.913. The van der Waals surface area contributed by atoms with Crippen molar-refractivity contribution in [3.05, 3.63) is 19.9 Å². The van der Waals surface area contributed by atoms with E-state index >= 15 is 0 Å². The molecule has 0 atom stereocenters. The van der Waals surface area contributed by atoms with Gasteiger partial charge in [-0.1, -0.05) is 0 Å². The summed E-state index contributed by atoms with van der Waals surface area (Å²) in [6.45, 7) is 0.668. The average Bonchev–Trinajstić information content (AvgIpc) is 2.14. The van der Waals surface area contributed by atoms with Gasteiger partial charge in [0.1, 0.15) is 0 Å². The summed E-state index contributed by atoms with van der Waals surface area (Å²) >= 11 is 4.03. The van der Waals surface area contributed by atoms with Crippen molar-refractivity contribution < 1.29 is 0 Å². The lowest BCUT2D eigenvalue weighted by Gasteiger charge is -1.86. The molecule has 8 heavy (non-hydrogen) atoms. The highest BCUT2D eigenvalue weighted by atomic mass is 127. The predicted molar refractivity (Wildman–Crippen MR) is 44.9 cm³/mol. The van der Waals surface area contributed by atoms with E-state index in [0.717, 1.165) is 0 Å². The highest BCUT2D eigenvalue weighted by molar-refractivity contribution is 14.1. The maximum absolute atomic E-state index is 5.40. The monoisotopic (exact) mass is 239 g/mol. The smallest absolute Gasteiger partial charge is 0.0698 e. The van der Waals surface area contributed by atoms with Crippen molar-refractivity contribution in [2.45, 2.75) is 6.54 Å². The number of hydrogen-bond acceptors (Lipinski definition) is 2. The first-order valence-corrected chi connectivity index (χ1v) is 4.22. The van der Waals surface area contributed by atoms with E-state index in [1.807, 2.05) is 0 Å². The van der Waals surface area contributed by atoms with Crippen LogP contribution in [0, 0.1) is 2.88 Å². The SMILES string of the molecule is NCc1ccsc1I. The number of hydrogen-bond donors (Lipinski definition) is 1. The van der Waals surface area contributed by atoms with Gasteiger partial charge in [-0.3, -0.25) is 0 Å². The van der Waals surface area contributed by atoms with E-state index in [9.17, 15) is 0 Å². The van der Waals surface area contributed by atoms with Crippen LogP contribution in [0.1, 0.15) is 5.56 Å². The molecule has 1 heterocycles. The van der Waals surface area contributed by atoms with Gasteiger partial charge in [-0.25, -0.2) is 0 Å². The van der Waals surface area contributed by atoms with Gasteiger partial charge in [0.25, 0.3) is 0 Å². The number of nitrogens with two attached hydrogens (primary N) is 1. The van der Waals surface area contributed by atoms with Gasteiger partial charge in [-0.05, 0) is 39.6 Å². The second-order valence-corrected chi connectivity index (χ2v) is 4.15. The van der Waals surface area contributed by atoms with E-state index < -0.39 is 0 Å². The van der Waals surface area contributed by atoms with Gasteiger partial charge in [-0.2, -0.15) is 0 Å². The van der Waals surface area contributed by atoms with Gasteiger partial charge in [0.2, 0.25) is 0 Å². The Hall–Kier alpha value is 0.390. The largest absolute Gasteiger partial charge is 0.326 e. The molecule has 0 aliphatic heterocycles. The summed E-state index contributed by atoms with van der Waals surface area (Å²) in [5.74, 6) is 0. The first-order valence-electron chi connectivity index (χ1n) is 2.26. The van der Waals surface area contributed by atoms with Crippen LogP contribution < -0.4 is 5.73 Å². The van der Waals surface area contributed by atoms with Crippen molar-refractivity contribution in [3.8, 4) is 0 Å². The maximum Gasteiger partial charge on any atom is 0.0698 e. The lowest BCUT2D eigenvalue weighted by molar-refractivity contribution is 1.07. The molecule has 0 bridgehead atoms. The molecule has 1 rings (SSSR count). The molecule has 3 heteroatoms. The van der Waals surface area contributed by atoms with Crippen LogP contribution in [-0.2, 0) is 6.54 Å². The van der Waals surface area contributed by atoms with E-state index in [4.69, 9.17) is 5.73 Å². The first-order chi connectivity index (χ1) is 3.84. The summed E-state index contributed by atoms with van der Waals surface area (Å²) in [6, 6.07) is 2.06. The van der Waals surface area contributed by atoms with E-state index in [1.165, 1.54) is 8.45 Å². The zero-order valence-electron chi connectivity index (χ0n) is 4.23. The van der Waals surface area contributed by atoms with Gasteiger partial charge < -0.3 is 5.73 Å². The molecule has 1 aromatic rings. The minimum absolute atomic E-state index is 0.668. The van der Waals surface area contributed by atoms with E-state index in [-0.39, 0.29) is 0 Å². The molecule has 0 fully saturated rings. The normalized spacial score (nSPS) is 9.75. The highest BCUT2D eigenvalue weighted by Crippen LogP contribution is 2.17. The van der Waals surface area contributed by atoms with E-state index in [1.54, 1.807) is 11.3 Å². The molecular weight excluding hydrogens is 233 g/mol. The van der Waals surface area contributed by atoms with Gasteiger partial charge in [0, 0.05) is 6.54 Å². The first kappa shape index (κ1) is 6.51. The Morgan fingerprint density at radius 2 is 2.50 bits per heavy atom. The van der Waals surface area contributed by atoms with Gasteiger partial charge in [-0.15, -0.1) is 11.3 Å². The van der Waals surface area contributed by atoms with Gasteiger partial charge >= 0.3 is 0 Å². The minimum atomic E-state index is 0.668. The number of thiophene rings is 1. The molecule has 0 spiro atoms. The summed E-state index contributed by atoms with van der Waals surface area (Å²) in [4.78, 5) is 0. The number of halogens is 1. The van der Waals surface area contributed by atoms with Crippen LogP contribution in [0.4, 0.5) is 0 Å². The van der Waals surface area contributed by atoms with E-state index in [2.05, 4.69) is 34.0 Å². The fraction of sp³-hybridized carbons (Fsp3) is 0.200. The molecule has 1 nitrogen and oxygen atoms in total. The molecule has 0 aromatic carbocycles. The van der Waals surface area contributed by atoms with Crippen LogP contribution in [-0.4, -0.2) is 0 Å². The molecule has 2 N–H and O–H groups in total. The molecule has 0 radical (unpaired) electrons. The lowest BCUT2D eigenvalue weighted by Crippen LogP contribution is -1.94. The van der Waals surface area contributed by atoms with Crippen LogP contribution in [0.5, 0.6) is 0 Å². The molecule has 44 valence electrons. The summed E-state index contributed by atoms with van der Waals surface area (Å²) in [7, 11) is 0. The zero-order valence-corrected chi connectivity index (χ0v) is 7.20. The number of rotatable bonds is 1. The van der Waals surface area contributed by atoms with Crippen molar-refractivity contribution in [3.63, 3.8) is 0 Å². The van der Waals surface area contributed by atoms with Crippen molar-refractivity contribution in [1.82, 2.24) is 0 Å².